The van der Waals surface area contributed by atoms with Crippen LogP contribution in [-0.2, 0) is 31.9 Å². The number of furan rings is 1. The molecule has 0 saturated carbocycles. The van der Waals surface area contributed by atoms with Crippen molar-refractivity contribution < 1.29 is 27.3 Å². The molecule has 3 nitrogen and oxygen atoms in total. The number of hydrogen-bond donors (Lipinski definition) is 0. The fourth-order valence-electron chi connectivity index (χ4n) is 5.96. The molecular formula is C45H46IrN2OSi-2. The van der Waals surface area contributed by atoms with Gasteiger partial charge in [-0.15, -0.1) is 59.7 Å². The zero-order valence-electron chi connectivity index (χ0n) is 32.2. The Kier molecular flexibility index (Phi) is 10.6. The molecule has 0 spiro atoms. The van der Waals surface area contributed by atoms with Crippen LogP contribution in [0, 0.1) is 18.1 Å². The van der Waals surface area contributed by atoms with Crippen molar-refractivity contribution in [2.45, 2.75) is 66.0 Å². The average Bonchev–Trinajstić information content (AvgIpc) is 3.50. The summed E-state index contributed by atoms with van der Waals surface area (Å²) >= 11 is 0. The molecule has 1 radical (unpaired) electrons. The average molecular weight is 853 g/mol. The molecule has 0 unspecified atom stereocenters. The molecule has 257 valence electrons. The third-order valence-corrected chi connectivity index (χ3v) is 10.6. The molecule has 4 aromatic carbocycles. The van der Waals surface area contributed by atoms with Crippen molar-refractivity contribution in [3.63, 3.8) is 0 Å². The van der Waals surface area contributed by atoms with Gasteiger partial charge in [0.25, 0.3) is 0 Å². The third kappa shape index (κ3) is 8.41. The zero-order chi connectivity index (χ0) is 36.6. The van der Waals surface area contributed by atoms with E-state index in [2.05, 4.69) is 123 Å². The molecule has 0 fully saturated rings. The van der Waals surface area contributed by atoms with Gasteiger partial charge in [-0.3, -0.25) is 0 Å². The SMILES string of the molecule is CC(C)(C)c1ccnc(-c2[c-]cc3oc4c(-c5ccccc5)cccc4c3c2)c1.[2H]C([2H])(c1cc(-c2[c-]cccc2)ncc1[Si](C)(C)C)C(C)C.[Ir]. The van der Waals surface area contributed by atoms with Crippen LogP contribution < -0.4 is 5.19 Å². The third-order valence-electron chi connectivity index (χ3n) is 8.56. The maximum absolute atomic E-state index is 8.55. The van der Waals surface area contributed by atoms with Gasteiger partial charge in [0, 0.05) is 46.2 Å². The first-order valence-corrected chi connectivity index (χ1v) is 20.5. The van der Waals surface area contributed by atoms with E-state index in [4.69, 9.17) is 7.16 Å². The van der Waals surface area contributed by atoms with Gasteiger partial charge in [-0.2, -0.15) is 0 Å². The van der Waals surface area contributed by atoms with Crippen LogP contribution >= 0.6 is 0 Å². The van der Waals surface area contributed by atoms with Crippen molar-refractivity contribution in [3.05, 3.63) is 139 Å². The molecule has 0 aliphatic heterocycles. The molecule has 0 saturated heterocycles. The summed E-state index contributed by atoms with van der Waals surface area (Å²) < 4.78 is 23.4. The molecule has 0 aliphatic rings. The largest absolute Gasteiger partial charge is 0.500 e. The summed E-state index contributed by atoms with van der Waals surface area (Å²) in [6, 6.07) is 41.2. The molecule has 0 N–H and O–H groups in total. The molecule has 7 rings (SSSR count). The smallest absolute Gasteiger partial charge is 0.128 e. The van der Waals surface area contributed by atoms with Crippen molar-refractivity contribution in [3.8, 4) is 33.6 Å². The first kappa shape index (κ1) is 34.3. The van der Waals surface area contributed by atoms with E-state index in [1.807, 2.05) is 68.7 Å². The second kappa shape index (κ2) is 15.4. The number of para-hydroxylation sites is 1. The van der Waals surface area contributed by atoms with Gasteiger partial charge in [-0.1, -0.05) is 126 Å². The molecule has 7 aromatic rings. The molecule has 50 heavy (non-hydrogen) atoms. The number of pyridine rings is 2. The fourth-order valence-corrected chi connectivity index (χ4v) is 7.37. The van der Waals surface area contributed by atoms with Gasteiger partial charge >= 0.3 is 0 Å². The monoisotopic (exact) mass is 853 g/mol. The normalized spacial score (nSPS) is 12.6. The summed E-state index contributed by atoms with van der Waals surface area (Å²) in [5, 5.41) is 3.31. The van der Waals surface area contributed by atoms with Crippen LogP contribution in [0.1, 0.15) is 48.5 Å². The summed E-state index contributed by atoms with van der Waals surface area (Å²) in [6.07, 6.45) is 2.41. The maximum Gasteiger partial charge on any atom is 0.128 e. The predicted octanol–water partition coefficient (Wildman–Crippen LogP) is 11.7. The number of fused-ring (bicyclic) bond motifs is 3. The Bertz CT molecular complexity index is 2290. The van der Waals surface area contributed by atoms with Crippen LogP contribution in [0.25, 0.3) is 55.6 Å². The maximum atomic E-state index is 8.55. The van der Waals surface area contributed by atoms with Gasteiger partial charge in [0.05, 0.1) is 13.7 Å². The van der Waals surface area contributed by atoms with E-state index in [0.29, 0.717) is 0 Å². The van der Waals surface area contributed by atoms with E-state index in [1.54, 1.807) is 0 Å². The van der Waals surface area contributed by atoms with E-state index in [-0.39, 0.29) is 31.4 Å². The van der Waals surface area contributed by atoms with Gasteiger partial charge in [0.2, 0.25) is 0 Å². The van der Waals surface area contributed by atoms with Crippen molar-refractivity contribution in [1.29, 1.82) is 0 Å². The van der Waals surface area contributed by atoms with Crippen LogP contribution in [-0.4, -0.2) is 18.0 Å². The first-order valence-electron chi connectivity index (χ1n) is 18.0. The topological polar surface area (TPSA) is 38.9 Å². The van der Waals surface area contributed by atoms with Crippen LogP contribution in [0.15, 0.2) is 120 Å². The summed E-state index contributed by atoms with van der Waals surface area (Å²) in [5.41, 5.74) is 9.78. The zero-order valence-corrected chi connectivity index (χ0v) is 33.6. The molecule has 0 aliphatic carbocycles. The Labute approximate surface area is 315 Å². The number of rotatable bonds is 6. The van der Waals surface area contributed by atoms with Crippen LogP contribution in [0.3, 0.4) is 0 Å². The summed E-state index contributed by atoms with van der Waals surface area (Å²) in [7, 11) is -1.67. The Morgan fingerprint density at radius 2 is 1.54 bits per heavy atom. The molecule has 3 heterocycles. The van der Waals surface area contributed by atoms with Gasteiger partial charge in [-0.25, -0.2) is 0 Å². The van der Waals surface area contributed by atoms with Gasteiger partial charge in [-0.05, 0) is 51.5 Å². The van der Waals surface area contributed by atoms with Gasteiger partial charge in [0.1, 0.15) is 5.58 Å². The molecule has 0 amide bonds. The van der Waals surface area contributed by atoms with Crippen molar-refractivity contribution >= 4 is 35.2 Å². The van der Waals surface area contributed by atoms with Crippen molar-refractivity contribution in [1.82, 2.24) is 9.97 Å². The van der Waals surface area contributed by atoms with Gasteiger partial charge < -0.3 is 14.4 Å². The summed E-state index contributed by atoms with van der Waals surface area (Å²) in [6.45, 7) is 17.2. The molecule has 0 bridgehead atoms. The summed E-state index contributed by atoms with van der Waals surface area (Å²) in [4.78, 5) is 9.18. The number of benzene rings is 4. The molecular weight excluding hydrogens is 805 g/mol. The van der Waals surface area contributed by atoms with Crippen molar-refractivity contribution in [2.75, 3.05) is 0 Å². The number of nitrogens with zero attached hydrogens (tertiary/aromatic N) is 2. The molecule has 0 atom stereocenters. The summed E-state index contributed by atoms with van der Waals surface area (Å²) in [5.74, 6) is -0.0856. The van der Waals surface area contributed by atoms with Crippen LogP contribution in [0.2, 0.25) is 19.6 Å². The standard InChI is InChI=1S/C27H22NO.C18H24NSi.Ir/c1-27(2,3)20-14-15-28-24(17-20)19-12-13-25-23(16-19)22-11-7-10-21(26(22)29-25)18-8-5-4-6-9-18;1-14(2)11-16-12-17(15-9-7-6-8-10-15)19-13-18(16)20(3,4)5;/h4-11,13-17H,1-3H3;6-9,12-14H,11H2,1-5H3;/q2*-1;/i;11D2;. The Morgan fingerprint density at radius 1 is 0.800 bits per heavy atom. The molecule has 3 aromatic heterocycles. The van der Waals surface area contributed by atoms with E-state index in [1.165, 1.54) is 5.56 Å². The second-order valence-electron chi connectivity index (χ2n) is 14.9. The fraction of sp³-hybridized carbons (Fsp3) is 0.244. The van der Waals surface area contributed by atoms with E-state index in [9.17, 15) is 0 Å². The molecule has 5 heteroatoms. The minimum absolute atomic E-state index is 0. The number of hydrogen-bond acceptors (Lipinski definition) is 3. The van der Waals surface area contributed by atoms with Crippen LogP contribution in [0.4, 0.5) is 0 Å². The minimum Gasteiger partial charge on any atom is -0.500 e. The predicted molar refractivity (Wildman–Crippen MR) is 210 cm³/mol. The second-order valence-corrected chi connectivity index (χ2v) is 19.9. The van der Waals surface area contributed by atoms with Gasteiger partial charge in [0.15, 0.2) is 0 Å². The quantitative estimate of drug-likeness (QED) is 0.124. The minimum atomic E-state index is -1.67. The van der Waals surface area contributed by atoms with E-state index in [0.717, 1.165) is 66.3 Å². The van der Waals surface area contributed by atoms with Crippen molar-refractivity contribution in [2.24, 2.45) is 5.92 Å². The Morgan fingerprint density at radius 3 is 2.22 bits per heavy atom. The number of aromatic nitrogens is 2. The van der Waals surface area contributed by atoms with E-state index >= 15 is 0 Å². The Balaban J connectivity index is 0.000000205. The first-order chi connectivity index (χ1) is 24.1. The van der Waals surface area contributed by atoms with E-state index < -0.39 is 14.4 Å². The Hall–Kier alpha value is -4.15. The van der Waals surface area contributed by atoms with Crippen LogP contribution in [0.5, 0.6) is 0 Å².